The van der Waals surface area contributed by atoms with Crippen LogP contribution in [0.3, 0.4) is 0 Å². The van der Waals surface area contributed by atoms with Crippen molar-refractivity contribution in [1.29, 1.82) is 0 Å². The van der Waals surface area contributed by atoms with E-state index in [2.05, 4.69) is 61.8 Å². The maximum atomic E-state index is 5.69. The SMILES string of the molecule is Cc1cc(C)c(C=CC2OCC(C)(C)CO2)c(Br)c1. The second-order valence-corrected chi connectivity index (χ2v) is 6.85. The van der Waals surface area contributed by atoms with E-state index in [-0.39, 0.29) is 11.7 Å². The van der Waals surface area contributed by atoms with Crippen LogP contribution in [-0.4, -0.2) is 19.5 Å². The van der Waals surface area contributed by atoms with Crippen LogP contribution in [0, 0.1) is 19.3 Å². The number of benzene rings is 1. The normalized spacial score (nSPS) is 20.1. The molecule has 2 nitrogen and oxygen atoms in total. The van der Waals surface area contributed by atoms with Crippen LogP contribution >= 0.6 is 15.9 Å². The van der Waals surface area contributed by atoms with Crippen LogP contribution in [0.2, 0.25) is 0 Å². The monoisotopic (exact) mass is 324 g/mol. The molecule has 1 aromatic rings. The molecule has 19 heavy (non-hydrogen) atoms. The van der Waals surface area contributed by atoms with Crippen LogP contribution in [-0.2, 0) is 9.47 Å². The molecule has 104 valence electrons. The highest BCUT2D eigenvalue weighted by molar-refractivity contribution is 9.10. The van der Waals surface area contributed by atoms with Gasteiger partial charge in [-0.3, -0.25) is 0 Å². The van der Waals surface area contributed by atoms with Crippen molar-refractivity contribution in [2.24, 2.45) is 5.41 Å². The zero-order chi connectivity index (χ0) is 14.0. The Morgan fingerprint density at radius 1 is 1.21 bits per heavy atom. The summed E-state index contributed by atoms with van der Waals surface area (Å²) in [5, 5.41) is 0. The molecule has 0 aromatic heterocycles. The lowest BCUT2D eigenvalue weighted by molar-refractivity contribution is -0.197. The maximum absolute atomic E-state index is 5.69. The van der Waals surface area contributed by atoms with E-state index in [0.717, 1.165) is 17.7 Å². The van der Waals surface area contributed by atoms with Gasteiger partial charge >= 0.3 is 0 Å². The number of ether oxygens (including phenoxy) is 2. The van der Waals surface area contributed by atoms with Crippen LogP contribution in [0.15, 0.2) is 22.7 Å². The summed E-state index contributed by atoms with van der Waals surface area (Å²) in [7, 11) is 0. The van der Waals surface area contributed by atoms with E-state index in [1.807, 2.05) is 6.08 Å². The molecule has 0 unspecified atom stereocenters. The van der Waals surface area contributed by atoms with Gasteiger partial charge in [0, 0.05) is 9.89 Å². The Balaban J connectivity index is 2.08. The highest BCUT2D eigenvalue weighted by Crippen LogP contribution is 2.26. The van der Waals surface area contributed by atoms with Crippen molar-refractivity contribution in [2.75, 3.05) is 13.2 Å². The van der Waals surface area contributed by atoms with Gasteiger partial charge in [0.1, 0.15) is 0 Å². The van der Waals surface area contributed by atoms with Crippen molar-refractivity contribution >= 4 is 22.0 Å². The molecule has 3 heteroatoms. The number of rotatable bonds is 2. The van der Waals surface area contributed by atoms with Gasteiger partial charge in [0.05, 0.1) is 13.2 Å². The lowest BCUT2D eigenvalue weighted by atomic mass is 9.95. The molecule has 1 aliphatic rings. The fourth-order valence-corrected chi connectivity index (χ4v) is 2.94. The van der Waals surface area contributed by atoms with E-state index >= 15 is 0 Å². The second-order valence-electron chi connectivity index (χ2n) is 5.99. The van der Waals surface area contributed by atoms with Gasteiger partial charge in [-0.15, -0.1) is 0 Å². The van der Waals surface area contributed by atoms with E-state index in [4.69, 9.17) is 9.47 Å². The molecule has 1 aromatic carbocycles. The molecule has 0 spiro atoms. The molecule has 0 atom stereocenters. The molecule has 0 aliphatic carbocycles. The molecule has 1 aliphatic heterocycles. The Morgan fingerprint density at radius 2 is 1.84 bits per heavy atom. The summed E-state index contributed by atoms with van der Waals surface area (Å²) in [5.41, 5.74) is 3.81. The molecular formula is C16H21BrO2. The fourth-order valence-electron chi connectivity index (χ4n) is 2.13. The average molecular weight is 325 g/mol. The predicted octanol–water partition coefficient (Wildman–Crippen LogP) is 4.48. The standard InChI is InChI=1S/C16H21BrO2/c1-11-7-12(2)13(14(17)8-11)5-6-15-18-9-16(3,4)10-19-15/h5-8,15H,9-10H2,1-4H3. The number of hydrogen-bond donors (Lipinski definition) is 0. The van der Waals surface area contributed by atoms with Crippen molar-refractivity contribution in [3.63, 3.8) is 0 Å². The maximum Gasteiger partial charge on any atom is 0.177 e. The van der Waals surface area contributed by atoms with Crippen LogP contribution < -0.4 is 0 Å². The van der Waals surface area contributed by atoms with Crippen molar-refractivity contribution in [3.05, 3.63) is 39.4 Å². The Hall–Kier alpha value is -0.640. The zero-order valence-corrected chi connectivity index (χ0v) is 13.6. The topological polar surface area (TPSA) is 18.5 Å². The smallest absolute Gasteiger partial charge is 0.177 e. The lowest BCUT2D eigenvalue weighted by Gasteiger charge is -2.33. The van der Waals surface area contributed by atoms with E-state index in [1.54, 1.807) is 0 Å². The van der Waals surface area contributed by atoms with E-state index in [9.17, 15) is 0 Å². The van der Waals surface area contributed by atoms with Gasteiger partial charge in [0.25, 0.3) is 0 Å². The van der Waals surface area contributed by atoms with Crippen LogP contribution in [0.5, 0.6) is 0 Å². The quantitative estimate of drug-likeness (QED) is 0.798. The van der Waals surface area contributed by atoms with E-state index in [0.29, 0.717) is 0 Å². The molecule has 0 amide bonds. The van der Waals surface area contributed by atoms with E-state index < -0.39 is 0 Å². The van der Waals surface area contributed by atoms with Crippen molar-refractivity contribution in [2.45, 2.75) is 34.0 Å². The Morgan fingerprint density at radius 3 is 2.42 bits per heavy atom. The van der Waals surface area contributed by atoms with Crippen LogP contribution in [0.1, 0.15) is 30.5 Å². The highest BCUT2D eigenvalue weighted by atomic mass is 79.9. The first-order chi connectivity index (χ1) is 8.87. The minimum Gasteiger partial charge on any atom is -0.348 e. The summed E-state index contributed by atoms with van der Waals surface area (Å²) in [6.07, 6.45) is 3.82. The van der Waals surface area contributed by atoms with Crippen LogP contribution in [0.25, 0.3) is 6.08 Å². The molecule has 1 saturated heterocycles. The summed E-state index contributed by atoms with van der Waals surface area (Å²) in [4.78, 5) is 0. The van der Waals surface area contributed by atoms with Gasteiger partial charge < -0.3 is 9.47 Å². The van der Waals surface area contributed by atoms with Gasteiger partial charge in [0.15, 0.2) is 6.29 Å². The third-order valence-corrected chi connectivity index (χ3v) is 3.83. The predicted molar refractivity (Wildman–Crippen MR) is 82.1 cm³/mol. The Kier molecular flexibility index (Phi) is 4.49. The molecule has 2 rings (SSSR count). The molecule has 0 bridgehead atoms. The Labute approximate surface area is 123 Å². The molecule has 0 saturated carbocycles. The average Bonchev–Trinajstić information content (AvgIpc) is 2.29. The molecule has 1 fully saturated rings. The van der Waals surface area contributed by atoms with Gasteiger partial charge in [-0.1, -0.05) is 41.9 Å². The van der Waals surface area contributed by atoms with Gasteiger partial charge in [-0.05, 0) is 42.7 Å². The van der Waals surface area contributed by atoms with Gasteiger partial charge in [0.2, 0.25) is 0 Å². The third-order valence-electron chi connectivity index (χ3n) is 3.18. The first-order valence-corrected chi connectivity index (χ1v) is 7.35. The number of halogens is 1. The second kappa shape index (κ2) is 5.78. The summed E-state index contributed by atoms with van der Waals surface area (Å²) < 4.78 is 12.5. The van der Waals surface area contributed by atoms with Crippen molar-refractivity contribution in [1.82, 2.24) is 0 Å². The lowest BCUT2D eigenvalue weighted by Crippen LogP contribution is -2.36. The summed E-state index contributed by atoms with van der Waals surface area (Å²) in [6, 6.07) is 4.30. The minimum absolute atomic E-state index is 0.116. The molecule has 0 radical (unpaired) electrons. The van der Waals surface area contributed by atoms with E-state index in [1.165, 1.54) is 16.7 Å². The molecule has 0 N–H and O–H groups in total. The van der Waals surface area contributed by atoms with Gasteiger partial charge in [-0.25, -0.2) is 0 Å². The fraction of sp³-hybridized carbons (Fsp3) is 0.500. The zero-order valence-electron chi connectivity index (χ0n) is 12.0. The van der Waals surface area contributed by atoms with Gasteiger partial charge in [-0.2, -0.15) is 0 Å². The van der Waals surface area contributed by atoms with Crippen molar-refractivity contribution in [3.8, 4) is 0 Å². The van der Waals surface area contributed by atoms with Crippen LogP contribution in [0.4, 0.5) is 0 Å². The molecular weight excluding hydrogens is 304 g/mol. The first-order valence-electron chi connectivity index (χ1n) is 6.55. The number of aryl methyl sites for hydroxylation is 2. The Bertz CT molecular complexity index is 459. The summed E-state index contributed by atoms with van der Waals surface area (Å²) >= 11 is 3.61. The summed E-state index contributed by atoms with van der Waals surface area (Å²) in [5.74, 6) is 0. The molecule has 1 heterocycles. The minimum atomic E-state index is -0.236. The van der Waals surface area contributed by atoms with Crippen molar-refractivity contribution < 1.29 is 9.47 Å². The highest BCUT2D eigenvalue weighted by Gasteiger charge is 2.26. The summed E-state index contributed by atoms with van der Waals surface area (Å²) in [6.45, 7) is 9.97. The number of hydrogen-bond acceptors (Lipinski definition) is 2. The largest absolute Gasteiger partial charge is 0.348 e. The third kappa shape index (κ3) is 3.91. The first kappa shape index (κ1) is 14.8.